The molecule has 0 atom stereocenters. The smallest absolute Gasteiger partial charge is 0.181 e. The molecule has 5 heteroatoms. The van der Waals surface area contributed by atoms with E-state index < -0.39 is 0 Å². The van der Waals surface area contributed by atoms with Gasteiger partial charge in [0, 0.05) is 37.3 Å². The van der Waals surface area contributed by atoms with Crippen LogP contribution in [-0.2, 0) is 11.2 Å². The van der Waals surface area contributed by atoms with Crippen LogP contribution in [-0.4, -0.2) is 48.4 Å². The zero-order valence-corrected chi connectivity index (χ0v) is 17.2. The third kappa shape index (κ3) is 3.90. The second kappa shape index (κ2) is 8.44. The van der Waals surface area contributed by atoms with Crippen LogP contribution < -0.4 is 4.90 Å². The lowest BCUT2D eigenvalue weighted by atomic mass is 9.96. The Bertz CT molecular complexity index is 1070. The largest absolute Gasteiger partial charge is 0.447 e. The zero-order chi connectivity index (χ0) is 20.3. The molecule has 0 bridgehead atoms. The topological polar surface area (TPSA) is 49.6 Å². The highest BCUT2D eigenvalue weighted by Gasteiger charge is 2.22. The summed E-state index contributed by atoms with van der Waals surface area (Å²) in [5.41, 5.74) is 3.28. The van der Waals surface area contributed by atoms with Gasteiger partial charge in [0.05, 0.1) is 6.42 Å². The van der Waals surface area contributed by atoms with Crippen LogP contribution >= 0.6 is 0 Å². The Morgan fingerprint density at radius 1 is 0.967 bits per heavy atom. The lowest BCUT2D eigenvalue weighted by Gasteiger charge is -2.36. The number of fused-ring (bicyclic) bond motifs is 2. The highest BCUT2D eigenvalue weighted by molar-refractivity contribution is 6.00. The maximum absolute atomic E-state index is 11.9. The number of hydrogen-bond donors (Lipinski definition) is 0. The fourth-order valence-corrected chi connectivity index (χ4v) is 4.67. The molecule has 3 aromatic rings. The van der Waals surface area contributed by atoms with Gasteiger partial charge in [-0.2, -0.15) is 0 Å². The SMILES string of the molecule is O=C1C=C(CCCCN2CCN(c3cccc4ccccc34)CC2)c2ncoc2C1. The molecule has 5 rings (SSSR count). The van der Waals surface area contributed by atoms with Crippen molar-refractivity contribution in [2.45, 2.75) is 25.7 Å². The molecular weight excluding hydrogens is 374 g/mol. The van der Waals surface area contributed by atoms with Crippen molar-refractivity contribution >= 4 is 27.8 Å². The van der Waals surface area contributed by atoms with E-state index in [-0.39, 0.29) is 5.78 Å². The molecule has 0 radical (unpaired) electrons. The number of carbonyl (C=O) groups excluding carboxylic acids is 1. The Morgan fingerprint density at radius 3 is 2.70 bits per heavy atom. The molecule has 30 heavy (non-hydrogen) atoms. The molecular formula is C25H27N3O2. The Balaban J connectivity index is 1.11. The lowest BCUT2D eigenvalue weighted by Crippen LogP contribution is -2.46. The second-order valence-corrected chi connectivity index (χ2v) is 8.22. The Kier molecular flexibility index (Phi) is 5.37. The van der Waals surface area contributed by atoms with Crippen molar-refractivity contribution in [1.82, 2.24) is 9.88 Å². The molecule has 154 valence electrons. The van der Waals surface area contributed by atoms with E-state index in [2.05, 4.69) is 57.2 Å². The summed E-state index contributed by atoms with van der Waals surface area (Å²) in [7, 11) is 0. The van der Waals surface area contributed by atoms with Crippen LogP contribution in [0.2, 0.25) is 0 Å². The predicted molar refractivity (Wildman–Crippen MR) is 120 cm³/mol. The van der Waals surface area contributed by atoms with Gasteiger partial charge in [-0.05, 0) is 48.9 Å². The van der Waals surface area contributed by atoms with E-state index in [9.17, 15) is 4.79 Å². The van der Waals surface area contributed by atoms with E-state index in [0.29, 0.717) is 6.42 Å². The summed E-state index contributed by atoms with van der Waals surface area (Å²) in [5.74, 6) is 0.848. The number of hydrogen-bond acceptors (Lipinski definition) is 5. The van der Waals surface area contributed by atoms with Crippen LogP contribution in [0, 0.1) is 0 Å². The summed E-state index contributed by atoms with van der Waals surface area (Å²) in [6, 6.07) is 15.2. The van der Waals surface area contributed by atoms with Gasteiger partial charge in [0.2, 0.25) is 0 Å². The van der Waals surface area contributed by atoms with Crippen LogP contribution in [0.4, 0.5) is 5.69 Å². The van der Waals surface area contributed by atoms with Crippen LogP contribution in [0.15, 0.2) is 59.4 Å². The molecule has 5 nitrogen and oxygen atoms in total. The summed E-state index contributed by atoms with van der Waals surface area (Å²) in [5, 5.41) is 2.65. The molecule has 1 fully saturated rings. The highest BCUT2D eigenvalue weighted by atomic mass is 16.3. The number of allylic oxidation sites excluding steroid dienone is 2. The Morgan fingerprint density at radius 2 is 1.80 bits per heavy atom. The minimum atomic E-state index is 0.124. The predicted octanol–water partition coefficient (Wildman–Crippen LogP) is 4.33. The number of anilines is 1. The lowest BCUT2D eigenvalue weighted by molar-refractivity contribution is -0.114. The molecule has 1 aromatic heterocycles. The van der Waals surface area contributed by atoms with Gasteiger partial charge < -0.3 is 9.32 Å². The van der Waals surface area contributed by atoms with Gasteiger partial charge in [-0.25, -0.2) is 4.98 Å². The van der Waals surface area contributed by atoms with Gasteiger partial charge in [0.25, 0.3) is 0 Å². The molecule has 2 aromatic carbocycles. The summed E-state index contributed by atoms with van der Waals surface area (Å²) < 4.78 is 5.35. The Hall–Kier alpha value is -2.92. The third-order valence-electron chi connectivity index (χ3n) is 6.27. The van der Waals surface area contributed by atoms with Gasteiger partial charge in [-0.15, -0.1) is 0 Å². The molecule has 0 spiro atoms. The molecule has 0 unspecified atom stereocenters. The molecule has 2 heterocycles. The second-order valence-electron chi connectivity index (χ2n) is 8.22. The normalized spacial score (nSPS) is 17.3. The van der Waals surface area contributed by atoms with Crippen molar-refractivity contribution in [3.05, 3.63) is 66.4 Å². The van der Waals surface area contributed by atoms with Gasteiger partial charge in [0.1, 0.15) is 11.5 Å². The van der Waals surface area contributed by atoms with Crippen LogP contribution in [0.25, 0.3) is 16.3 Å². The van der Waals surface area contributed by atoms with E-state index in [1.165, 1.54) is 22.9 Å². The van der Waals surface area contributed by atoms with Crippen molar-refractivity contribution in [3.8, 4) is 0 Å². The average Bonchev–Trinajstić information content (AvgIpc) is 3.25. The number of oxazole rings is 1. The van der Waals surface area contributed by atoms with Crippen molar-refractivity contribution in [1.29, 1.82) is 0 Å². The summed E-state index contributed by atoms with van der Waals surface area (Å²) in [6.45, 7) is 5.43. The standard InChI is InChI=1S/C25H27N3O2/c29-21-16-20(25-24(17-21)30-18-26-25)7-3-4-11-27-12-14-28(15-13-27)23-10-5-8-19-6-1-2-9-22(19)23/h1-2,5-6,8-10,16,18H,3-4,7,11-15,17H2. The van der Waals surface area contributed by atoms with Crippen molar-refractivity contribution in [3.63, 3.8) is 0 Å². The van der Waals surface area contributed by atoms with Gasteiger partial charge in [-0.3, -0.25) is 9.69 Å². The molecule has 1 saturated heterocycles. The minimum absolute atomic E-state index is 0.124. The van der Waals surface area contributed by atoms with Crippen LogP contribution in [0.3, 0.4) is 0 Å². The summed E-state index contributed by atoms with van der Waals surface area (Å²) in [4.78, 5) is 21.2. The summed E-state index contributed by atoms with van der Waals surface area (Å²) in [6.07, 6.45) is 6.64. The van der Waals surface area contributed by atoms with Gasteiger partial charge >= 0.3 is 0 Å². The first-order valence-corrected chi connectivity index (χ1v) is 10.9. The average molecular weight is 402 g/mol. The number of benzene rings is 2. The molecule has 0 N–H and O–H groups in total. The number of piperazine rings is 1. The fourth-order valence-electron chi connectivity index (χ4n) is 4.67. The van der Waals surface area contributed by atoms with E-state index in [4.69, 9.17) is 4.42 Å². The number of unbranched alkanes of at least 4 members (excludes halogenated alkanes) is 1. The van der Waals surface area contributed by atoms with Crippen LogP contribution in [0.5, 0.6) is 0 Å². The van der Waals surface area contributed by atoms with Gasteiger partial charge in [-0.1, -0.05) is 36.4 Å². The van der Waals surface area contributed by atoms with Gasteiger partial charge in [0.15, 0.2) is 12.2 Å². The first-order valence-electron chi connectivity index (χ1n) is 10.9. The number of rotatable bonds is 6. The molecule has 0 saturated carbocycles. The molecule has 2 aliphatic rings. The van der Waals surface area contributed by atoms with Crippen molar-refractivity contribution < 1.29 is 9.21 Å². The quantitative estimate of drug-likeness (QED) is 0.576. The first-order chi connectivity index (χ1) is 14.8. The minimum Gasteiger partial charge on any atom is -0.447 e. The fraction of sp³-hybridized carbons (Fsp3) is 0.360. The Labute approximate surface area is 177 Å². The highest BCUT2D eigenvalue weighted by Crippen LogP contribution is 2.29. The first kappa shape index (κ1) is 19.1. The number of ketones is 1. The third-order valence-corrected chi connectivity index (χ3v) is 6.27. The number of carbonyl (C=O) groups is 1. The van der Waals surface area contributed by atoms with Crippen LogP contribution in [0.1, 0.15) is 30.7 Å². The van der Waals surface area contributed by atoms with E-state index in [0.717, 1.165) is 69.0 Å². The molecule has 1 aliphatic heterocycles. The van der Waals surface area contributed by atoms with E-state index in [1.807, 2.05) is 0 Å². The van der Waals surface area contributed by atoms with Crippen molar-refractivity contribution in [2.24, 2.45) is 0 Å². The maximum Gasteiger partial charge on any atom is 0.181 e. The summed E-state index contributed by atoms with van der Waals surface area (Å²) >= 11 is 0. The van der Waals surface area contributed by atoms with Crippen molar-refractivity contribution in [2.75, 3.05) is 37.6 Å². The number of aromatic nitrogens is 1. The maximum atomic E-state index is 11.9. The molecule has 0 amide bonds. The number of nitrogens with zero attached hydrogens (tertiary/aromatic N) is 3. The monoisotopic (exact) mass is 401 g/mol. The van der Waals surface area contributed by atoms with E-state index in [1.54, 1.807) is 6.08 Å². The van der Waals surface area contributed by atoms with E-state index >= 15 is 0 Å². The molecule has 1 aliphatic carbocycles. The zero-order valence-electron chi connectivity index (χ0n) is 17.2.